The predicted molar refractivity (Wildman–Crippen MR) is 70.5 cm³/mol. The van der Waals surface area contributed by atoms with Gasteiger partial charge in [-0.3, -0.25) is 9.25 Å². The van der Waals surface area contributed by atoms with E-state index in [1.165, 1.54) is 0 Å². The molecule has 3 aromatic heterocycles. The van der Waals surface area contributed by atoms with E-state index in [0.29, 0.717) is 25.0 Å². The maximum absolute atomic E-state index is 5.88. The van der Waals surface area contributed by atoms with Crippen LogP contribution in [0.2, 0.25) is 5.28 Å². The lowest BCUT2D eigenvalue weighted by atomic mass is 10.6. The number of nitrogens with zero attached hydrogens (tertiary/aromatic N) is 8. The van der Waals surface area contributed by atoms with Crippen molar-refractivity contribution in [1.29, 1.82) is 0 Å². The van der Waals surface area contributed by atoms with E-state index in [1.54, 1.807) is 40.4 Å². The Bertz CT molecular complexity index is 664. The lowest BCUT2D eigenvalue weighted by Crippen LogP contribution is -2.14. The predicted octanol–water partition coefficient (Wildman–Crippen LogP) is 0.414. The largest absolute Gasteiger partial charge is 0.352 e. The van der Waals surface area contributed by atoms with Gasteiger partial charge in [0.05, 0.1) is 12.7 Å². The fraction of sp³-hybridized carbons (Fsp3) is 0.200. The zero-order valence-electron chi connectivity index (χ0n) is 10.3. The van der Waals surface area contributed by atoms with Crippen molar-refractivity contribution in [1.82, 2.24) is 39.5 Å². The molecule has 102 valence electrons. The van der Waals surface area contributed by atoms with Crippen LogP contribution in [-0.2, 0) is 6.54 Å². The van der Waals surface area contributed by atoms with Crippen molar-refractivity contribution in [2.75, 3.05) is 11.9 Å². The van der Waals surface area contributed by atoms with E-state index in [9.17, 15) is 0 Å². The lowest BCUT2D eigenvalue weighted by molar-refractivity contribution is 0.607. The van der Waals surface area contributed by atoms with Gasteiger partial charge in [-0.25, -0.2) is 4.98 Å². The van der Waals surface area contributed by atoms with Gasteiger partial charge >= 0.3 is 0 Å². The Balaban J connectivity index is 1.70. The van der Waals surface area contributed by atoms with Gasteiger partial charge in [-0.05, 0) is 11.6 Å². The maximum Gasteiger partial charge on any atom is 0.241 e. The van der Waals surface area contributed by atoms with Crippen LogP contribution in [0.25, 0.3) is 5.95 Å². The first-order valence-electron chi connectivity index (χ1n) is 5.79. The highest BCUT2D eigenvalue weighted by Crippen LogP contribution is 2.09. The molecule has 0 aliphatic carbocycles. The second-order valence-electron chi connectivity index (χ2n) is 3.79. The van der Waals surface area contributed by atoms with Crippen LogP contribution in [0.4, 0.5) is 5.95 Å². The van der Waals surface area contributed by atoms with Crippen LogP contribution < -0.4 is 5.32 Å². The molecule has 0 amide bonds. The van der Waals surface area contributed by atoms with Gasteiger partial charge in [-0.1, -0.05) is 5.21 Å². The highest BCUT2D eigenvalue weighted by Gasteiger charge is 2.06. The molecular weight excluding hydrogens is 282 g/mol. The molecule has 0 fully saturated rings. The van der Waals surface area contributed by atoms with Gasteiger partial charge in [0.2, 0.25) is 17.2 Å². The average molecular weight is 292 g/mol. The minimum Gasteiger partial charge on any atom is -0.352 e. The quantitative estimate of drug-likeness (QED) is 0.727. The van der Waals surface area contributed by atoms with Crippen LogP contribution in [0.3, 0.4) is 0 Å². The summed E-state index contributed by atoms with van der Waals surface area (Å²) in [7, 11) is 0. The van der Waals surface area contributed by atoms with E-state index in [2.05, 4.69) is 35.6 Å². The molecule has 3 heterocycles. The average Bonchev–Trinajstić information content (AvgIpc) is 3.11. The first-order valence-corrected chi connectivity index (χ1v) is 6.17. The molecular formula is C10H10ClN9. The van der Waals surface area contributed by atoms with Gasteiger partial charge in [0.25, 0.3) is 0 Å². The minimum atomic E-state index is 0.118. The van der Waals surface area contributed by atoms with E-state index >= 15 is 0 Å². The number of halogens is 1. The van der Waals surface area contributed by atoms with Crippen LogP contribution in [0.15, 0.2) is 31.1 Å². The Kier molecular flexibility index (Phi) is 3.50. The molecule has 9 nitrogen and oxygen atoms in total. The summed E-state index contributed by atoms with van der Waals surface area (Å²) in [5, 5.41) is 10.8. The zero-order chi connectivity index (χ0) is 13.8. The molecule has 0 atom stereocenters. The number of nitrogens with one attached hydrogen (secondary N) is 1. The number of aromatic nitrogens is 8. The summed E-state index contributed by atoms with van der Waals surface area (Å²) in [5.74, 6) is 0.805. The van der Waals surface area contributed by atoms with E-state index in [0.717, 1.165) is 0 Å². The molecule has 3 rings (SSSR count). The summed E-state index contributed by atoms with van der Waals surface area (Å²) in [4.78, 5) is 16.2. The third kappa shape index (κ3) is 2.88. The molecule has 1 N–H and O–H groups in total. The van der Waals surface area contributed by atoms with Crippen molar-refractivity contribution >= 4 is 17.5 Å². The van der Waals surface area contributed by atoms with Crippen molar-refractivity contribution in [3.05, 3.63) is 36.4 Å². The maximum atomic E-state index is 5.88. The lowest BCUT2D eigenvalue weighted by Gasteiger charge is -2.06. The molecule has 0 saturated carbocycles. The van der Waals surface area contributed by atoms with Crippen LogP contribution in [0.5, 0.6) is 0 Å². The van der Waals surface area contributed by atoms with Crippen molar-refractivity contribution in [2.24, 2.45) is 0 Å². The minimum absolute atomic E-state index is 0.118. The summed E-state index contributed by atoms with van der Waals surface area (Å²) in [5.41, 5.74) is 0. The van der Waals surface area contributed by atoms with Gasteiger partial charge in [-0.2, -0.15) is 15.0 Å². The highest BCUT2D eigenvalue weighted by atomic mass is 35.5. The van der Waals surface area contributed by atoms with Crippen molar-refractivity contribution < 1.29 is 0 Å². The van der Waals surface area contributed by atoms with Crippen LogP contribution >= 0.6 is 11.6 Å². The summed E-state index contributed by atoms with van der Waals surface area (Å²) >= 11 is 5.88. The Labute approximate surface area is 118 Å². The molecule has 0 spiro atoms. The van der Waals surface area contributed by atoms with Gasteiger partial charge in [0.15, 0.2) is 0 Å². The molecule has 0 aromatic carbocycles. The fourth-order valence-electron chi connectivity index (χ4n) is 1.55. The Morgan fingerprint density at radius 1 is 1.15 bits per heavy atom. The van der Waals surface area contributed by atoms with Gasteiger partial charge < -0.3 is 5.32 Å². The number of rotatable bonds is 5. The highest BCUT2D eigenvalue weighted by molar-refractivity contribution is 6.28. The Morgan fingerprint density at radius 3 is 2.85 bits per heavy atom. The first-order chi connectivity index (χ1) is 9.81. The molecule has 20 heavy (non-hydrogen) atoms. The normalized spacial score (nSPS) is 10.7. The summed E-state index contributed by atoms with van der Waals surface area (Å²) < 4.78 is 3.35. The fourth-order valence-corrected chi connectivity index (χ4v) is 1.70. The Morgan fingerprint density at radius 2 is 2.10 bits per heavy atom. The summed E-state index contributed by atoms with van der Waals surface area (Å²) in [6.07, 6.45) is 8.35. The van der Waals surface area contributed by atoms with Crippen LogP contribution in [0, 0.1) is 0 Å². The van der Waals surface area contributed by atoms with E-state index < -0.39 is 0 Å². The van der Waals surface area contributed by atoms with Gasteiger partial charge in [-0.15, -0.1) is 5.10 Å². The number of anilines is 1. The molecule has 0 bridgehead atoms. The topological polar surface area (TPSA) is 99.2 Å². The third-order valence-electron chi connectivity index (χ3n) is 2.43. The van der Waals surface area contributed by atoms with Gasteiger partial charge in [0.1, 0.15) is 6.33 Å². The monoisotopic (exact) mass is 291 g/mol. The molecule has 0 radical (unpaired) electrons. The van der Waals surface area contributed by atoms with Gasteiger partial charge in [0, 0.05) is 25.1 Å². The smallest absolute Gasteiger partial charge is 0.241 e. The van der Waals surface area contributed by atoms with Crippen LogP contribution in [-0.4, -0.2) is 46.0 Å². The zero-order valence-corrected chi connectivity index (χ0v) is 11.0. The summed E-state index contributed by atoms with van der Waals surface area (Å²) in [6.45, 7) is 1.23. The van der Waals surface area contributed by atoms with E-state index in [1.807, 2.05) is 0 Å². The number of hydrogen-bond donors (Lipinski definition) is 1. The number of hydrogen-bond acceptors (Lipinski definition) is 7. The van der Waals surface area contributed by atoms with E-state index in [-0.39, 0.29) is 5.28 Å². The number of imidazole rings is 1. The SMILES string of the molecule is Clc1nc(NCCn2ccnn2)nc(-n2ccnc2)n1. The molecule has 10 heteroatoms. The van der Waals surface area contributed by atoms with Crippen molar-refractivity contribution in [2.45, 2.75) is 6.54 Å². The second-order valence-corrected chi connectivity index (χ2v) is 4.13. The molecule has 0 unspecified atom stereocenters. The standard InChI is InChI=1S/C10H10ClN9/c11-8-15-9(13-2-5-20-6-3-14-18-20)17-10(16-8)19-4-1-12-7-19/h1,3-4,6-7H,2,5H2,(H,13,15,16,17). The first kappa shape index (κ1) is 12.5. The van der Waals surface area contributed by atoms with Crippen LogP contribution in [0.1, 0.15) is 0 Å². The van der Waals surface area contributed by atoms with Crippen molar-refractivity contribution in [3.63, 3.8) is 0 Å². The molecule has 0 aliphatic heterocycles. The molecule has 3 aromatic rings. The molecule has 0 saturated heterocycles. The van der Waals surface area contributed by atoms with E-state index in [4.69, 9.17) is 11.6 Å². The Hall–Kier alpha value is -2.55. The molecule has 0 aliphatic rings. The summed E-state index contributed by atoms with van der Waals surface area (Å²) in [6, 6.07) is 0. The third-order valence-corrected chi connectivity index (χ3v) is 2.60. The van der Waals surface area contributed by atoms with Crippen molar-refractivity contribution in [3.8, 4) is 5.95 Å². The second kappa shape index (κ2) is 5.61.